The molecule has 4 rings (SSSR count). The Morgan fingerprint density at radius 1 is 1.00 bits per heavy atom. The summed E-state index contributed by atoms with van der Waals surface area (Å²) in [7, 11) is 1.94. The van der Waals surface area contributed by atoms with Crippen molar-refractivity contribution in [3.63, 3.8) is 0 Å². The molecule has 7 N–H and O–H groups in total. The lowest BCUT2D eigenvalue weighted by molar-refractivity contribution is -0.120. The zero-order chi connectivity index (χ0) is 28.5. The molecule has 0 aliphatic rings. The third-order valence-corrected chi connectivity index (χ3v) is 6.70. The van der Waals surface area contributed by atoms with Crippen molar-refractivity contribution < 1.29 is 9.59 Å². The number of amides is 2. The summed E-state index contributed by atoms with van der Waals surface area (Å²) < 4.78 is 1.99. The van der Waals surface area contributed by atoms with E-state index in [9.17, 15) is 9.59 Å². The number of carbonyl (C=O) groups is 2. The van der Waals surface area contributed by atoms with Crippen molar-refractivity contribution in [3.05, 3.63) is 89.7 Å². The predicted octanol–water partition coefficient (Wildman–Crippen LogP) is 4.00. The largest absolute Gasteiger partial charge is 0.384 e. The summed E-state index contributed by atoms with van der Waals surface area (Å²) in [6.45, 7) is 1.90. The molecule has 10 nitrogen and oxygen atoms in total. The first-order valence-corrected chi connectivity index (χ1v) is 13.3. The fourth-order valence-electron chi connectivity index (χ4n) is 4.40. The number of nitrogens with zero attached hydrogens (tertiary/aromatic N) is 3. The standard InChI is InChI=1S/C30H36N8O2.CH4/c1-37-26-14-11-22(19-25(26)36-27(37)20-35-23-12-9-21(10-13-23)29(32)33)30(40)38(24-7-3-2-4-8-24)18-15-28(39)34-17-6-5-16-31;/h2-4,7-14,19,35H,5-6,15-18,20,31H2,1H3,(H3,32,33)(H,34,39);1H4. The molecule has 0 fully saturated rings. The maximum atomic E-state index is 13.7. The summed E-state index contributed by atoms with van der Waals surface area (Å²) in [6.07, 6.45) is 1.88. The van der Waals surface area contributed by atoms with E-state index in [1.165, 1.54) is 0 Å². The number of benzene rings is 3. The first-order valence-electron chi connectivity index (χ1n) is 13.3. The van der Waals surface area contributed by atoms with Crippen LogP contribution >= 0.6 is 0 Å². The number of hydrogen-bond donors (Lipinski definition) is 5. The average Bonchev–Trinajstić information content (AvgIpc) is 3.29. The topological polar surface area (TPSA) is 155 Å². The van der Waals surface area contributed by atoms with E-state index in [0.717, 1.165) is 35.6 Å². The molecule has 1 heterocycles. The summed E-state index contributed by atoms with van der Waals surface area (Å²) in [5, 5.41) is 13.8. The molecule has 0 spiro atoms. The highest BCUT2D eigenvalue weighted by Crippen LogP contribution is 2.22. The van der Waals surface area contributed by atoms with Gasteiger partial charge in [0.1, 0.15) is 11.7 Å². The lowest BCUT2D eigenvalue weighted by Gasteiger charge is -2.23. The second kappa shape index (κ2) is 14.6. The van der Waals surface area contributed by atoms with Crippen LogP contribution in [0.1, 0.15) is 48.4 Å². The zero-order valence-corrected chi connectivity index (χ0v) is 22.7. The zero-order valence-electron chi connectivity index (χ0n) is 22.7. The van der Waals surface area contributed by atoms with E-state index in [4.69, 9.17) is 21.9 Å². The maximum absolute atomic E-state index is 13.7. The van der Waals surface area contributed by atoms with Gasteiger partial charge in [-0.2, -0.15) is 0 Å². The van der Waals surface area contributed by atoms with Crippen molar-refractivity contribution >= 4 is 40.1 Å². The molecule has 3 aromatic carbocycles. The quantitative estimate of drug-likeness (QED) is 0.0952. The van der Waals surface area contributed by atoms with E-state index in [2.05, 4.69) is 10.6 Å². The maximum Gasteiger partial charge on any atom is 0.258 e. The van der Waals surface area contributed by atoms with Gasteiger partial charge in [0, 0.05) is 49.1 Å². The van der Waals surface area contributed by atoms with E-state index >= 15 is 0 Å². The van der Waals surface area contributed by atoms with Crippen LogP contribution in [0.5, 0.6) is 0 Å². The number of fused-ring (bicyclic) bond motifs is 1. The fourth-order valence-corrected chi connectivity index (χ4v) is 4.40. The number of imidazole rings is 1. The number of aryl methyl sites for hydroxylation is 1. The Hall–Kier alpha value is -4.70. The summed E-state index contributed by atoms with van der Waals surface area (Å²) >= 11 is 0. The molecule has 2 amide bonds. The van der Waals surface area contributed by atoms with Crippen LogP contribution in [-0.2, 0) is 18.4 Å². The number of aromatic nitrogens is 2. The summed E-state index contributed by atoms with van der Waals surface area (Å²) in [6, 6.07) is 22.2. The fraction of sp³-hybridized carbons (Fsp3) is 0.290. The molecule has 0 aliphatic carbocycles. The molecule has 216 valence electrons. The van der Waals surface area contributed by atoms with Crippen LogP contribution in [0.4, 0.5) is 11.4 Å². The van der Waals surface area contributed by atoms with Gasteiger partial charge in [0.05, 0.1) is 17.6 Å². The monoisotopic (exact) mass is 556 g/mol. The van der Waals surface area contributed by atoms with Crippen LogP contribution in [0.25, 0.3) is 11.0 Å². The molecule has 0 bridgehead atoms. The molecule has 1 aromatic heterocycles. The Labute approximate surface area is 241 Å². The Morgan fingerprint density at radius 2 is 1.71 bits per heavy atom. The molecule has 0 aliphatic heterocycles. The molecule has 0 unspecified atom stereocenters. The number of rotatable bonds is 13. The second-order valence-electron chi connectivity index (χ2n) is 9.52. The number of unbranched alkanes of at least 4 members (excludes halogenated alkanes) is 1. The molecular weight excluding hydrogens is 516 g/mol. The van der Waals surface area contributed by atoms with Gasteiger partial charge >= 0.3 is 0 Å². The number of anilines is 2. The molecule has 0 atom stereocenters. The molecular formula is C31H40N8O2. The van der Waals surface area contributed by atoms with Gasteiger partial charge < -0.3 is 31.6 Å². The van der Waals surface area contributed by atoms with Crippen molar-refractivity contribution in [2.75, 3.05) is 29.9 Å². The Balaban J connectivity index is 0.00000462. The van der Waals surface area contributed by atoms with Crippen LogP contribution in [0.3, 0.4) is 0 Å². The SMILES string of the molecule is C.Cn1c(CNc2ccc(C(=N)N)cc2)nc2cc(C(=O)N(CCC(=O)NCCCCN)c3ccccc3)ccc21. The summed E-state index contributed by atoms with van der Waals surface area (Å²) in [5.41, 5.74) is 15.4. The molecule has 0 saturated carbocycles. The number of hydrogen-bond acceptors (Lipinski definition) is 6. The lowest BCUT2D eigenvalue weighted by Crippen LogP contribution is -2.35. The minimum absolute atomic E-state index is 0. The van der Waals surface area contributed by atoms with Crippen LogP contribution in [0.15, 0.2) is 72.8 Å². The minimum atomic E-state index is -0.195. The van der Waals surface area contributed by atoms with Gasteiger partial charge in [-0.3, -0.25) is 15.0 Å². The molecule has 41 heavy (non-hydrogen) atoms. The minimum Gasteiger partial charge on any atom is -0.384 e. The Kier molecular flexibility index (Phi) is 11.0. The number of amidine groups is 1. The van der Waals surface area contributed by atoms with Gasteiger partial charge in [-0.05, 0) is 74.0 Å². The highest BCUT2D eigenvalue weighted by atomic mass is 16.2. The normalized spacial score (nSPS) is 10.6. The van der Waals surface area contributed by atoms with Crippen molar-refractivity contribution in [1.29, 1.82) is 5.41 Å². The van der Waals surface area contributed by atoms with Crippen molar-refractivity contribution in [2.24, 2.45) is 18.5 Å². The van der Waals surface area contributed by atoms with E-state index in [1.807, 2.05) is 60.1 Å². The molecule has 4 aromatic rings. The second-order valence-corrected chi connectivity index (χ2v) is 9.52. The molecule has 10 heteroatoms. The number of nitrogens with two attached hydrogens (primary N) is 2. The van der Waals surface area contributed by atoms with Crippen molar-refractivity contribution in [1.82, 2.24) is 14.9 Å². The number of para-hydroxylation sites is 1. The van der Waals surface area contributed by atoms with Crippen LogP contribution in [0.2, 0.25) is 0 Å². The van der Waals surface area contributed by atoms with Gasteiger partial charge in [-0.25, -0.2) is 4.98 Å². The van der Waals surface area contributed by atoms with Gasteiger partial charge in [0.15, 0.2) is 0 Å². The van der Waals surface area contributed by atoms with Gasteiger partial charge in [-0.15, -0.1) is 0 Å². The number of nitrogens with one attached hydrogen (secondary N) is 3. The first-order chi connectivity index (χ1) is 19.4. The van der Waals surface area contributed by atoms with Gasteiger partial charge in [0.2, 0.25) is 5.91 Å². The highest BCUT2D eigenvalue weighted by Gasteiger charge is 2.20. The predicted molar refractivity (Wildman–Crippen MR) is 166 cm³/mol. The summed E-state index contributed by atoms with van der Waals surface area (Å²) in [5.74, 6) is 0.542. The summed E-state index contributed by atoms with van der Waals surface area (Å²) in [4.78, 5) is 32.5. The third kappa shape index (κ3) is 7.92. The Morgan fingerprint density at radius 3 is 2.39 bits per heavy atom. The third-order valence-electron chi connectivity index (χ3n) is 6.70. The Bertz CT molecular complexity index is 1470. The van der Waals surface area contributed by atoms with E-state index in [0.29, 0.717) is 36.3 Å². The van der Waals surface area contributed by atoms with Crippen molar-refractivity contribution in [2.45, 2.75) is 33.2 Å². The molecule has 0 radical (unpaired) electrons. The van der Waals surface area contributed by atoms with E-state index in [-0.39, 0.29) is 38.0 Å². The molecule has 0 saturated heterocycles. The van der Waals surface area contributed by atoms with Gasteiger partial charge in [-0.1, -0.05) is 25.6 Å². The van der Waals surface area contributed by atoms with Crippen LogP contribution in [-0.4, -0.2) is 46.8 Å². The lowest BCUT2D eigenvalue weighted by atomic mass is 10.1. The number of nitrogen functional groups attached to an aromatic ring is 1. The van der Waals surface area contributed by atoms with Gasteiger partial charge in [0.25, 0.3) is 5.91 Å². The van der Waals surface area contributed by atoms with Crippen LogP contribution in [0, 0.1) is 5.41 Å². The van der Waals surface area contributed by atoms with Crippen molar-refractivity contribution in [3.8, 4) is 0 Å². The smallest absolute Gasteiger partial charge is 0.258 e. The van der Waals surface area contributed by atoms with E-state index in [1.54, 1.807) is 29.2 Å². The average molecular weight is 557 g/mol. The van der Waals surface area contributed by atoms with E-state index < -0.39 is 0 Å². The first kappa shape index (κ1) is 30.8. The number of carbonyl (C=O) groups excluding carboxylic acids is 2. The van der Waals surface area contributed by atoms with Crippen LogP contribution < -0.4 is 27.0 Å². The highest BCUT2D eigenvalue weighted by molar-refractivity contribution is 6.07.